The predicted octanol–water partition coefficient (Wildman–Crippen LogP) is 4.41. The fourth-order valence-corrected chi connectivity index (χ4v) is 2.89. The Balaban J connectivity index is 1.47. The highest BCUT2D eigenvalue weighted by atomic mass is 19.3. The minimum absolute atomic E-state index is 0.434. The lowest BCUT2D eigenvalue weighted by Crippen LogP contribution is -2.09. The quantitative estimate of drug-likeness (QED) is 0.550. The van der Waals surface area contributed by atoms with Crippen molar-refractivity contribution in [1.29, 1.82) is 0 Å². The van der Waals surface area contributed by atoms with Crippen LogP contribution in [0.3, 0.4) is 0 Å². The second-order valence-corrected chi connectivity index (χ2v) is 6.04. The number of aromatic nitrogens is 4. The summed E-state index contributed by atoms with van der Waals surface area (Å²) in [6.45, 7) is 0.574. The van der Waals surface area contributed by atoms with Gasteiger partial charge < -0.3 is 5.32 Å². The average Bonchev–Trinajstić information content (AvgIpc) is 3.23. The average molecular weight is 365 g/mol. The van der Waals surface area contributed by atoms with Crippen molar-refractivity contribution in [1.82, 2.24) is 19.7 Å². The van der Waals surface area contributed by atoms with E-state index < -0.39 is 12.2 Å². The van der Waals surface area contributed by atoms with E-state index in [0.717, 1.165) is 23.1 Å². The Bertz CT molecular complexity index is 1030. The Kier molecular flexibility index (Phi) is 4.74. The van der Waals surface area contributed by atoms with Crippen molar-refractivity contribution in [2.75, 3.05) is 11.9 Å². The molecule has 0 amide bonds. The molecule has 2 aromatic carbocycles. The minimum Gasteiger partial charge on any atom is -0.369 e. The van der Waals surface area contributed by atoms with Crippen molar-refractivity contribution >= 4 is 16.7 Å². The highest BCUT2D eigenvalue weighted by Crippen LogP contribution is 2.24. The van der Waals surface area contributed by atoms with Crippen LogP contribution in [0, 0.1) is 0 Å². The summed E-state index contributed by atoms with van der Waals surface area (Å²) in [6, 6.07) is 17.1. The van der Waals surface area contributed by atoms with Gasteiger partial charge in [0.2, 0.25) is 0 Å². The number of benzene rings is 2. The van der Waals surface area contributed by atoms with Crippen LogP contribution in [0.1, 0.15) is 17.8 Å². The Labute approximate surface area is 154 Å². The van der Waals surface area contributed by atoms with E-state index in [-0.39, 0.29) is 0 Å². The lowest BCUT2D eigenvalue weighted by Gasteiger charge is -2.11. The Morgan fingerprint density at radius 3 is 2.52 bits per heavy atom. The summed E-state index contributed by atoms with van der Waals surface area (Å²) in [5.41, 5.74) is 2.62. The van der Waals surface area contributed by atoms with E-state index in [4.69, 9.17) is 0 Å². The second kappa shape index (κ2) is 7.49. The van der Waals surface area contributed by atoms with Gasteiger partial charge >= 0.3 is 0 Å². The molecular formula is C20H17F2N5. The highest BCUT2D eigenvalue weighted by molar-refractivity contribution is 5.89. The lowest BCUT2D eigenvalue weighted by molar-refractivity contribution is 0.141. The van der Waals surface area contributed by atoms with E-state index in [9.17, 15) is 8.78 Å². The van der Waals surface area contributed by atoms with Crippen molar-refractivity contribution in [3.63, 3.8) is 0 Å². The smallest absolute Gasteiger partial charge is 0.297 e. The summed E-state index contributed by atoms with van der Waals surface area (Å²) in [6.07, 6.45) is 1.65. The molecule has 4 rings (SSSR count). The lowest BCUT2D eigenvalue weighted by atomic mass is 10.1. The third kappa shape index (κ3) is 3.76. The molecule has 0 spiro atoms. The molecule has 0 saturated carbocycles. The van der Waals surface area contributed by atoms with Gasteiger partial charge in [-0.1, -0.05) is 24.3 Å². The number of nitrogens with zero attached hydrogens (tertiary/aromatic N) is 4. The highest BCUT2D eigenvalue weighted by Gasteiger charge is 2.14. The van der Waals surface area contributed by atoms with Gasteiger partial charge in [-0.2, -0.15) is 5.10 Å². The third-order valence-corrected chi connectivity index (χ3v) is 4.23. The standard InChI is InChI=1S/C20H17F2N5/c21-18(22)20-25-17-5-2-1-4-16(17)19(26-20)23-12-10-14-6-8-15(9-7-14)27-13-3-11-24-27/h1-9,11,13,18H,10,12H2,(H,23,25,26). The van der Waals surface area contributed by atoms with E-state index in [1.54, 1.807) is 23.0 Å². The van der Waals surface area contributed by atoms with E-state index in [1.165, 1.54) is 0 Å². The molecule has 7 heteroatoms. The SMILES string of the molecule is FC(F)c1nc(NCCc2ccc(-n3cccn3)cc2)c2ccccc2n1. The first-order valence-electron chi connectivity index (χ1n) is 8.58. The number of nitrogens with one attached hydrogen (secondary N) is 1. The van der Waals surface area contributed by atoms with Crippen molar-refractivity contribution in [3.05, 3.63) is 78.4 Å². The predicted molar refractivity (Wildman–Crippen MR) is 100 cm³/mol. The van der Waals surface area contributed by atoms with Crippen LogP contribution in [0.2, 0.25) is 0 Å². The van der Waals surface area contributed by atoms with Crippen molar-refractivity contribution in [3.8, 4) is 5.69 Å². The molecule has 0 atom stereocenters. The summed E-state index contributed by atoms with van der Waals surface area (Å²) in [4.78, 5) is 7.92. The van der Waals surface area contributed by atoms with Gasteiger partial charge in [-0.25, -0.2) is 23.4 Å². The number of anilines is 1. The molecule has 5 nitrogen and oxygen atoms in total. The van der Waals surface area contributed by atoms with Crippen molar-refractivity contribution in [2.45, 2.75) is 12.8 Å². The van der Waals surface area contributed by atoms with E-state index >= 15 is 0 Å². The molecule has 1 N–H and O–H groups in total. The molecule has 0 saturated heterocycles. The fraction of sp³-hybridized carbons (Fsp3) is 0.150. The zero-order valence-corrected chi connectivity index (χ0v) is 14.4. The van der Waals surface area contributed by atoms with E-state index in [1.807, 2.05) is 48.7 Å². The first kappa shape index (κ1) is 17.1. The molecule has 136 valence electrons. The first-order valence-corrected chi connectivity index (χ1v) is 8.58. The molecule has 0 radical (unpaired) electrons. The number of hydrogen-bond acceptors (Lipinski definition) is 4. The van der Waals surface area contributed by atoms with Gasteiger partial charge in [0.1, 0.15) is 5.82 Å². The molecule has 0 aliphatic carbocycles. The summed E-state index contributed by atoms with van der Waals surface area (Å²) < 4.78 is 27.9. The molecule has 0 aliphatic heterocycles. The topological polar surface area (TPSA) is 55.6 Å². The molecule has 27 heavy (non-hydrogen) atoms. The molecule has 0 bridgehead atoms. The number of alkyl halides is 2. The number of halogens is 2. The summed E-state index contributed by atoms with van der Waals surface area (Å²) in [5, 5.41) is 8.10. The normalized spacial score (nSPS) is 11.2. The number of fused-ring (bicyclic) bond motifs is 1. The molecule has 2 heterocycles. The number of para-hydroxylation sites is 1. The Morgan fingerprint density at radius 1 is 0.963 bits per heavy atom. The maximum atomic E-state index is 13.1. The van der Waals surface area contributed by atoms with Crippen molar-refractivity contribution in [2.24, 2.45) is 0 Å². The number of rotatable bonds is 6. The first-order chi connectivity index (χ1) is 13.2. The Hall–Kier alpha value is -3.35. The van der Waals surface area contributed by atoms with E-state index in [0.29, 0.717) is 17.9 Å². The van der Waals surface area contributed by atoms with Crippen LogP contribution >= 0.6 is 0 Å². The molecule has 2 aromatic heterocycles. The second-order valence-electron chi connectivity index (χ2n) is 6.04. The fourth-order valence-electron chi connectivity index (χ4n) is 2.89. The molecular weight excluding hydrogens is 348 g/mol. The Morgan fingerprint density at radius 2 is 1.78 bits per heavy atom. The summed E-state index contributed by atoms with van der Waals surface area (Å²) in [7, 11) is 0. The van der Waals surface area contributed by atoms with Gasteiger partial charge in [-0.05, 0) is 42.3 Å². The van der Waals surface area contributed by atoms with Gasteiger partial charge in [0.05, 0.1) is 11.2 Å². The zero-order valence-electron chi connectivity index (χ0n) is 14.4. The van der Waals surface area contributed by atoms with Crippen LogP contribution in [0.5, 0.6) is 0 Å². The largest absolute Gasteiger partial charge is 0.369 e. The van der Waals surface area contributed by atoms with Crippen LogP contribution in [0.4, 0.5) is 14.6 Å². The molecule has 4 aromatic rings. The minimum atomic E-state index is -2.70. The number of hydrogen-bond donors (Lipinski definition) is 1. The van der Waals surface area contributed by atoms with Gasteiger partial charge in [-0.15, -0.1) is 0 Å². The maximum absolute atomic E-state index is 13.1. The summed E-state index contributed by atoms with van der Waals surface area (Å²) >= 11 is 0. The van der Waals surface area contributed by atoms with Crippen molar-refractivity contribution < 1.29 is 8.78 Å². The van der Waals surface area contributed by atoms with Gasteiger partial charge in [0.25, 0.3) is 6.43 Å². The van der Waals surface area contributed by atoms with Crippen LogP contribution < -0.4 is 5.32 Å². The van der Waals surface area contributed by atoms with E-state index in [2.05, 4.69) is 20.4 Å². The van der Waals surface area contributed by atoms with Crippen LogP contribution in [-0.4, -0.2) is 26.3 Å². The van der Waals surface area contributed by atoms with Gasteiger partial charge in [0.15, 0.2) is 5.82 Å². The maximum Gasteiger partial charge on any atom is 0.297 e. The zero-order chi connectivity index (χ0) is 18.6. The molecule has 0 unspecified atom stereocenters. The van der Waals surface area contributed by atoms with Crippen LogP contribution in [-0.2, 0) is 6.42 Å². The van der Waals surface area contributed by atoms with Crippen LogP contribution in [0.25, 0.3) is 16.6 Å². The monoisotopic (exact) mass is 365 g/mol. The molecule has 0 fully saturated rings. The summed E-state index contributed by atoms with van der Waals surface area (Å²) in [5.74, 6) is -0.0242. The molecule has 0 aliphatic rings. The van der Waals surface area contributed by atoms with Crippen LogP contribution in [0.15, 0.2) is 67.0 Å². The third-order valence-electron chi connectivity index (χ3n) is 4.23. The van der Waals surface area contributed by atoms with Gasteiger partial charge in [-0.3, -0.25) is 0 Å². The van der Waals surface area contributed by atoms with Gasteiger partial charge in [0, 0.05) is 24.3 Å².